The summed E-state index contributed by atoms with van der Waals surface area (Å²) in [5.41, 5.74) is 0. The first-order valence-corrected chi connectivity index (χ1v) is 2.06. The van der Waals surface area contributed by atoms with Crippen molar-refractivity contribution < 1.29 is 14.9 Å². The van der Waals surface area contributed by atoms with Gasteiger partial charge in [-0.3, -0.25) is 0 Å². The molecule has 0 saturated carbocycles. The summed E-state index contributed by atoms with van der Waals surface area (Å²) in [5, 5.41) is 8.57. The van der Waals surface area contributed by atoms with Crippen molar-refractivity contribution in [3.05, 3.63) is 12.0 Å². The van der Waals surface area contributed by atoms with Crippen LogP contribution in [-0.2, 0) is 9.78 Å². The molecule has 0 saturated heterocycles. The lowest BCUT2D eigenvalue weighted by Crippen LogP contribution is -2.00. The van der Waals surface area contributed by atoms with Gasteiger partial charge in [-0.1, -0.05) is 0 Å². The summed E-state index contributed by atoms with van der Waals surface area (Å²) in [6.45, 7) is 0.447. The molecule has 0 radical (unpaired) electrons. The maximum absolute atomic E-state index is 8.57. The molecule has 1 aliphatic rings. The van der Waals surface area contributed by atoms with Crippen LogP contribution in [0.25, 0.3) is 0 Å². The molecule has 0 bridgehead atoms. The Morgan fingerprint density at radius 1 is 1.71 bits per heavy atom. The van der Waals surface area contributed by atoms with E-state index >= 15 is 0 Å². The van der Waals surface area contributed by atoms with E-state index in [4.69, 9.17) is 5.11 Å². The lowest BCUT2D eigenvalue weighted by Gasteiger charge is -2.05. The van der Waals surface area contributed by atoms with Crippen LogP contribution in [0, 0.1) is 0 Å². The van der Waals surface area contributed by atoms with Gasteiger partial charge < -0.3 is 9.99 Å². The van der Waals surface area contributed by atoms with Gasteiger partial charge in [0, 0.05) is 6.42 Å². The van der Waals surface area contributed by atoms with Crippen LogP contribution in [0.4, 0.5) is 0 Å². The molecule has 1 rings (SSSR count). The molecule has 0 aromatic heterocycles. The van der Waals surface area contributed by atoms with Crippen LogP contribution in [0.3, 0.4) is 0 Å². The quantitative estimate of drug-likeness (QED) is 0.458. The van der Waals surface area contributed by atoms with E-state index in [9.17, 15) is 0 Å². The van der Waals surface area contributed by atoms with Crippen LogP contribution in [0.1, 0.15) is 6.42 Å². The average Bonchev–Trinajstić information content (AvgIpc) is 1.69. The average molecular weight is 102 g/mol. The fourth-order valence-corrected chi connectivity index (χ4v) is 0.343. The molecule has 0 fully saturated rings. The molecular formula is C4H6O3. The van der Waals surface area contributed by atoms with Crippen LogP contribution in [0.15, 0.2) is 12.0 Å². The maximum atomic E-state index is 8.57. The van der Waals surface area contributed by atoms with Gasteiger partial charge in [0.1, 0.15) is 12.4 Å². The summed E-state index contributed by atoms with van der Waals surface area (Å²) >= 11 is 0. The summed E-state index contributed by atoms with van der Waals surface area (Å²) in [6.07, 6.45) is 1.74. The number of aliphatic hydroxyl groups is 1. The zero-order valence-electron chi connectivity index (χ0n) is 3.76. The standard InChI is InChI=1S/C4H6O3/c5-4-1-2-6-7-3-4/h3,5H,1-2H2. The van der Waals surface area contributed by atoms with Gasteiger partial charge in [0.05, 0.1) is 0 Å². The molecule has 3 heteroatoms. The van der Waals surface area contributed by atoms with Crippen molar-refractivity contribution in [2.75, 3.05) is 6.61 Å². The number of hydrogen-bond donors (Lipinski definition) is 1. The Labute approximate surface area is 41.1 Å². The van der Waals surface area contributed by atoms with E-state index in [2.05, 4.69) is 9.78 Å². The first-order valence-electron chi connectivity index (χ1n) is 2.06. The van der Waals surface area contributed by atoms with E-state index in [0.717, 1.165) is 0 Å². The number of rotatable bonds is 0. The zero-order valence-corrected chi connectivity index (χ0v) is 3.76. The van der Waals surface area contributed by atoms with Crippen molar-refractivity contribution in [1.82, 2.24) is 0 Å². The highest BCUT2D eigenvalue weighted by atomic mass is 17.2. The summed E-state index contributed by atoms with van der Waals surface area (Å²) in [5.74, 6) is 0.242. The monoisotopic (exact) mass is 102 g/mol. The van der Waals surface area contributed by atoms with E-state index in [0.29, 0.717) is 13.0 Å². The summed E-state index contributed by atoms with van der Waals surface area (Å²) in [7, 11) is 0. The van der Waals surface area contributed by atoms with E-state index in [-0.39, 0.29) is 5.76 Å². The first-order chi connectivity index (χ1) is 3.39. The van der Waals surface area contributed by atoms with E-state index in [1.807, 2.05) is 0 Å². The number of hydrogen-bond acceptors (Lipinski definition) is 3. The van der Waals surface area contributed by atoms with Crippen molar-refractivity contribution in [2.24, 2.45) is 0 Å². The molecule has 0 spiro atoms. The predicted molar refractivity (Wildman–Crippen MR) is 22.4 cm³/mol. The van der Waals surface area contributed by atoms with Crippen LogP contribution in [-0.4, -0.2) is 11.7 Å². The minimum absolute atomic E-state index is 0.242. The Balaban J connectivity index is 2.40. The zero-order chi connectivity index (χ0) is 5.11. The minimum atomic E-state index is 0.242. The van der Waals surface area contributed by atoms with Crippen molar-refractivity contribution in [1.29, 1.82) is 0 Å². The highest BCUT2D eigenvalue weighted by molar-refractivity contribution is 4.84. The van der Waals surface area contributed by atoms with Crippen LogP contribution in [0.5, 0.6) is 0 Å². The fraction of sp³-hybridized carbons (Fsp3) is 0.500. The topological polar surface area (TPSA) is 38.7 Å². The third-order valence-electron chi connectivity index (χ3n) is 0.694. The van der Waals surface area contributed by atoms with E-state index in [1.165, 1.54) is 6.26 Å². The Kier molecular flexibility index (Phi) is 1.17. The van der Waals surface area contributed by atoms with Gasteiger partial charge >= 0.3 is 0 Å². The lowest BCUT2D eigenvalue weighted by atomic mass is 10.4. The van der Waals surface area contributed by atoms with Crippen LogP contribution in [0.2, 0.25) is 0 Å². The molecule has 3 nitrogen and oxygen atoms in total. The predicted octanol–water partition coefficient (Wildman–Crippen LogP) is 0.738. The van der Waals surface area contributed by atoms with E-state index < -0.39 is 0 Å². The minimum Gasteiger partial charge on any atom is -0.509 e. The molecule has 0 unspecified atom stereocenters. The normalized spacial score (nSPS) is 20.3. The smallest absolute Gasteiger partial charge is 0.167 e. The molecule has 1 aliphatic heterocycles. The van der Waals surface area contributed by atoms with Crippen molar-refractivity contribution in [3.8, 4) is 0 Å². The Morgan fingerprint density at radius 2 is 2.57 bits per heavy atom. The highest BCUT2D eigenvalue weighted by Crippen LogP contribution is 2.02. The molecule has 0 aliphatic carbocycles. The summed E-state index contributed by atoms with van der Waals surface area (Å²) in [6, 6.07) is 0. The van der Waals surface area contributed by atoms with Gasteiger partial charge in [0.15, 0.2) is 6.26 Å². The molecule has 0 atom stereocenters. The van der Waals surface area contributed by atoms with Gasteiger partial charge in [0.2, 0.25) is 0 Å². The summed E-state index contributed by atoms with van der Waals surface area (Å²) < 4.78 is 0. The van der Waals surface area contributed by atoms with Crippen molar-refractivity contribution in [3.63, 3.8) is 0 Å². The van der Waals surface area contributed by atoms with Crippen LogP contribution < -0.4 is 0 Å². The molecule has 0 aromatic carbocycles. The molecule has 0 aromatic rings. The third kappa shape index (κ3) is 1.08. The molecule has 0 amide bonds. The molecular weight excluding hydrogens is 96.0 g/mol. The number of aliphatic hydroxyl groups excluding tert-OH is 1. The Hall–Kier alpha value is -0.700. The Bertz CT molecular complexity index is 86.9. The first kappa shape index (κ1) is 4.46. The molecule has 40 valence electrons. The second kappa shape index (κ2) is 1.84. The second-order valence-corrected chi connectivity index (χ2v) is 1.28. The highest BCUT2D eigenvalue weighted by Gasteiger charge is 1.99. The maximum Gasteiger partial charge on any atom is 0.167 e. The van der Waals surface area contributed by atoms with Gasteiger partial charge in [0.25, 0.3) is 0 Å². The van der Waals surface area contributed by atoms with Crippen molar-refractivity contribution in [2.45, 2.75) is 6.42 Å². The molecule has 1 N–H and O–H groups in total. The lowest BCUT2D eigenvalue weighted by molar-refractivity contribution is -0.260. The molecule has 7 heavy (non-hydrogen) atoms. The molecule has 1 heterocycles. The van der Waals surface area contributed by atoms with Gasteiger partial charge in [-0.25, -0.2) is 0 Å². The van der Waals surface area contributed by atoms with Crippen molar-refractivity contribution >= 4 is 0 Å². The Morgan fingerprint density at radius 3 is 2.86 bits per heavy atom. The second-order valence-electron chi connectivity index (χ2n) is 1.28. The largest absolute Gasteiger partial charge is 0.509 e. The van der Waals surface area contributed by atoms with Crippen LogP contribution >= 0.6 is 0 Å². The summed E-state index contributed by atoms with van der Waals surface area (Å²) in [4.78, 5) is 8.67. The van der Waals surface area contributed by atoms with E-state index in [1.54, 1.807) is 0 Å². The SMILES string of the molecule is OC1=COOCC1. The van der Waals surface area contributed by atoms with Gasteiger partial charge in [-0.2, -0.15) is 4.89 Å². The fourth-order valence-electron chi connectivity index (χ4n) is 0.343. The van der Waals surface area contributed by atoms with Gasteiger partial charge in [-0.15, -0.1) is 0 Å². The third-order valence-corrected chi connectivity index (χ3v) is 0.694. The van der Waals surface area contributed by atoms with Gasteiger partial charge in [-0.05, 0) is 0 Å².